The standard InChI is InChI=1S/C13H12FNO/c1-2-4-13(16)15-10-3-5-11-6-8-12(14)9-7-11/h2,4,6-9H,10H2,1H3,(H,15,16)/b4-2+. The number of nitrogens with one attached hydrogen (secondary N) is 1. The van der Waals surface area contributed by atoms with Crippen molar-refractivity contribution >= 4 is 5.91 Å². The molecule has 2 nitrogen and oxygen atoms in total. The number of carbonyl (C=O) groups is 1. The fraction of sp³-hybridized carbons (Fsp3) is 0.154. The summed E-state index contributed by atoms with van der Waals surface area (Å²) in [5, 5.41) is 2.59. The van der Waals surface area contributed by atoms with Gasteiger partial charge in [0.25, 0.3) is 0 Å². The maximum Gasteiger partial charge on any atom is 0.244 e. The average molecular weight is 217 g/mol. The van der Waals surface area contributed by atoms with Gasteiger partial charge in [-0.2, -0.15) is 0 Å². The molecule has 82 valence electrons. The number of rotatable bonds is 2. The summed E-state index contributed by atoms with van der Waals surface area (Å²) in [4.78, 5) is 11.0. The second-order valence-corrected chi connectivity index (χ2v) is 3.03. The lowest BCUT2D eigenvalue weighted by Gasteiger charge is -1.93. The first-order chi connectivity index (χ1) is 7.72. The zero-order chi connectivity index (χ0) is 11.8. The van der Waals surface area contributed by atoms with Crippen molar-refractivity contribution in [2.75, 3.05) is 6.54 Å². The Kier molecular flexibility index (Phi) is 4.81. The van der Waals surface area contributed by atoms with Gasteiger partial charge in [0.1, 0.15) is 5.82 Å². The minimum atomic E-state index is -0.285. The van der Waals surface area contributed by atoms with E-state index in [1.807, 2.05) is 0 Å². The SMILES string of the molecule is C/C=C/C(=O)NCC#Cc1ccc(F)cc1. The van der Waals surface area contributed by atoms with Gasteiger partial charge in [-0.05, 0) is 37.3 Å². The Morgan fingerprint density at radius 1 is 1.44 bits per heavy atom. The highest BCUT2D eigenvalue weighted by Gasteiger charge is 1.90. The van der Waals surface area contributed by atoms with Gasteiger partial charge in [0.15, 0.2) is 0 Å². The summed E-state index contributed by atoms with van der Waals surface area (Å²) in [7, 11) is 0. The van der Waals surface area contributed by atoms with Gasteiger partial charge in [0.05, 0.1) is 6.54 Å². The Bertz CT molecular complexity index is 437. The van der Waals surface area contributed by atoms with Crippen molar-refractivity contribution in [3.63, 3.8) is 0 Å². The van der Waals surface area contributed by atoms with Gasteiger partial charge in [0.2, 0.25) is 5.91 Å². The molecule has 0 aliphatic heterocycles. The van der Waals surface area contributed by atoms with Crippen molar-refractivity contribution in [2.45, 2.75) is 6.92 Å². The van der Waals surface area contributed by atoms with Crippen LogP contribution in [0, 0.1) is 17.7 Å². The normalized spacial score (nSPS) is 9.62. The molecule has 1 aromatic rings. The van der Waals surface area contributed by atoms with Crippen LogP contribution in [0.2, 0.25) is 0 Å². The highest BCUT2D eigenvalue weighted by Crippen LogP contribution is 2.00. The van der Waals surface area contributed by atoms with E-state index in [1.165, 1.54) is 18.2 Å². The van der Waals surface area contributed by atoms with Gasteiger partial charge < -0.3 is 5.32 Å². The van der Waals surface area contributed by atoms with Gasteiger partial charge in [-0.15, -0.1) is 0 Å². The van der Waals surface area contributed by atoms with E-state index in [0.717, 1.165) is 5.56 Å². The number of hydrogen-bond donors (Lipinski definition) is 1. The van der Waals surface area contributed by atoms with Gasteiger partial charge in [-0.3, -0.25) is 4.79 Å². The minimum Gasteiger partial charge on any atom is -0.342 e. The van der Waals surface area contributed by atoms with Crippen molar-refractivity contribution < 1.29 is 9.18 Å². The maximum atomic E-state index is 12.6. The van der Waals surface area contributed by atoms with E-state index in [4.69, 9.17) is 0 Å². The van der Waals surface area contributed by atoms with Crippen LogP contribution in [0.3, 0.4) is 0 Å². The molecule has 0 aliphatic carbocycles. The minimum absolute atomic E-state index is 0.170. The van der Waals surface area contributed by atoms with Crippen LogP contribution in [0.1, 0.15) is 12.5 Å². The van der Waals surface area contributed by atoms with E-state index in [2.05, 4.69) is 17.2 Å². The van der Waals surface area contributed by atoms with Crippen LogP contribution in [0.4, 0.5) is 4.39 Å². The highest BCUT2D eigenvalue weighted by molar-refractivity contribution is 5.87. The van der Waals surface area contributed by atoms with Crippen LogP contribution in [0.15, 0.2) is 36.4 Å². The zero-order valence-corrected chi connectivity index (χ0v) is 8.96. The number of allylic oxidation sites excluding steroid dienone is 1. The molecule has 0 aliphatic rings. The summed E-state index contributed by atoms with van der Waals surface area (Å²) in [5.74, 6) is 5.13. The molecule has 0 bridgehead atoms. The molecule has 0 aromatic heterocycles. The molecule has 0 spiro atoms. The van der Waals surface area contributed by atoms with Crippen molar-refractivity contribution in [1.29, 1.82) is 0 Å². The lowest BCUT2D eigenvalue weighted by atomic mass is 10.2. The average Bonchev–Trinajstić information content (AvgIpc) is 2.27. The lowest BCUT2D eigenvalue weighted by molar-refractivity contribution is -0.116. The molecule has 1 N–H and O–H groups in total. The van der Waals surface area contributed by atoms with Crippen molar-refractivity contribution in [3.8, 4) is 11.8 Å². The van der Waals surface area contributed by atoms with Crippen LogP contribution in [-0.4, -0.2) is 12.5 Å². The fourth-order valence-corrected chi connectivity index (χ4v) is 1.02. The number of amides is 1. The Morgan fingerprint density at radius 3 is 2.75 bits per heavy atom. The summed E-state index contributed by atoms with van der Waals surface area (Å²) >= 11 is 0. The molecule has 1 amide bonds. The first-order valence-corrected chi connectivity index (χ1v) is 4.87. The molecular formula is C13H12FNO. The molecule has 1 rings (SSSR count). The van der Waals surface area contributed by atoms with Gasteiger partial charge in [-0.1, -0.05) is 17.9 Å². The molecule has 0 heterocycles. The Morgan fingerprint density at radius 2 is 2.12 bits per heavy atom. The van der Waals surface area contributed by atoms with E-state index in [0.29, 0.717) is 0 Å². The van der Waals surface area contributed by atoms with E-state index in [-0.39, 0.29) is 18.3 Å². The predicted octanol–water partition coefficient (Wildman–Crippen LogP) is 1.87. The van der Waals surface area contributed by atoms with E-state index >= 15 is 0 Å². The third-order valence-corrected chi connectivity index (χ3v) is 1.75. The van der Waals surface area contributed by atoms with Crippen LogP contribution in [-0.2, 0) is 4.79 Å². The van der Waals surface area contributed by atoms with Crippen LogP contribution >= 0.6 is 0 Å². The van der Waals surface area contributed by atoms with Crippen molar-refractivity contribution in [3.05, 3.63) is 47.8 Å². The number of carbonyl (C=O) groups excluding carboxylic acids is 1. The molecule has 0 unspecified atom stereocenters. The summed E-state index contributed by atoms with van der Waals surface area (Å²) in [6, 6.07) is 5.89. The highest BCUT2D eigenvalue weighted by atomic mass is 19.1. The number of halogens is 1. The van der Waals surface area contributed by atoms with E-state index in [1.54, 1.807) is 25.1 Å². The molecule has 3 heteroatoms. The maximum absolute atomic E-state index is 12.6. The van der Waals surface area contributed by atoms with Gasteiger partial charge in [0, 0.05) is 5.56 Å². The monoisotopic (exact) mass is 217 g/mol. The molecule has 16 heavy (non-hydrogen) atoms. The third kappa shape index (κ3) is 4.43. The molecular weight excluding hydrogens is 205 g/mol. The molecule has 1 aromatic carbocycles. The van der Waals surface area contributed by atoms with Crippen molar-refractivity contribution in [1.82, 2.24) is 5.32 Å². The van der Waals surface area contributed by atoms with Crippen LogP contribution in [0.25, 0.3) is 0 Å². The largest absolute Gasteiger partial charge is 0.342 e. The Labute approximate surface area is 94.2 Å². The first-order valence-electron chi connectivity index (χ1n) is 4.87. The van der Waals surface area contributed by atoms with Crippen LogP contribution in [0.5, 0.6) is 0 Å². The molecule has 0 radical (unpaired) electrons. The second kappa shape index (κ2) is 6.41. The quantitative estimate of drug-likeness (QED) is 0.594. The van der Waals surface area contributed by atoms with E-state index in [9.17, 15) is 9.18 Å². The summed E-state index contributed by atoms with van der Waals surface area (Å²) < 4.78 is 12.6. The van der Waals surface area contributed by atoms with Crippen molar-refractivity contribution in [2.24, 2.45) is 0 Å². The predicted molar refractivity (Wildman–Crippen MR) is 61.1 cm³/mol. The summed E-state index contributed by atoms with van der Waals surface area (Å²) in [6.45, 7) is 2.05. The third-order valence-electron chi connectivity index (χ3n) is 1.75. The molecule has 0 atom stereocenters. The summed E-state index contributed by atoms with van der Waals surface area (Å²) in [6.07, 6.45) is 3.09. The smallest absolute Gasteiger partial charge is 0.244 e. The lowest BCUT2D eigenvalue weighted by Crippen LogP contribution is -2.20. The molecule has 0 saturated carbocycles. The molecule has 0 saturated heterocycles. The van der Waals surface area contributed by atoms with Gasteiger partial charge in [-0.25, -0.2) is 4.39 Å². The Balaban J connectivity index is 2.44. The topological polar surface area (TPSA) is 29.1 Å². The fourth-order valence-electron chi connectivity index (χ4n) is 1.02. The second-order valence-electron chi connectivity index (χ2n) is 3.03. The first kappa shape index (κ1) is 12.0. The zero-order valence-electron chi connectivity index (χ0n) is 8.96. The summed E-state index contributed by atoms with van der Waals surface area (Å²) in [5.41, 5.74) is 0.724. The van der Waals surface area contributed by atoms with Gasteiger partial charge >= 0.3 is 0 Å². The number of benzene rings is 1. The van der Waals surface area contributed by atoms with E-state index < -0.39 is 0 Å². The van der Waals surface area contributed by atoms with Crippen LogP contribution < -0.4 is 5.32 Å². The Hall–Kier alpha value is -2.08. The molecule has 0 fully saturated rings. The number of hydrogen-bond acceptors (Lipinski definition) is 1.